The minimum atomic E-state index is -3.48. The van der Waals surface area contributed by atoms with Gasteiger partial charge in [0.05, 0.1) is 4.90 Å². The second-order valence-corrected chi connectivity index (χ2v) is 7.01. The molecule has 1 N–H and O–H groups in total. The molecule has 7 heteroatoms. The fourth-order valence-electron chi connectivity index (χ4n) is 1.88. The maximum absolute atomic E-state index is 12.1. The summed E-state index contributed by atoms with van der Waals surface area (Å²) in [5, 5.41) is 0.946. The van der Waals surface area contributed by atoms with Gasteiger partial charge in [-0.3, -0.25) is 0 Å². The summed E-state index contributed by atoms with van der Waals surface area (Å²) in [6.45, 7) is 1.38. The molecule has 0 saturated carbocycles. The molecule has 1 aliphatic rings. The Bertz CT molecular complexity index is 547. The van der Waals surface area contributed by atoms with Crippen molar-refractivity contribution in [3.63, 3.8) is 0 Å². The van der Waals surface area contributed by atoms with Gasteiger partial charge in [-0.05, 0) is 25.0 Å². The van der Waals surface area contributed by atoms with Crippen LogP contribution in [-0.2, 0) is 10.0 Å². The summed E-state index contributed by atoms with van der Waals surface area (Å²) in [4.78, 5) is 0.210. The maximum Gasteiger partial charge on any atom is 0.240 e. The molecule has 0 saturated heterocycles. The van der Waals surface area contributed by atoms with E-state index in [1.54, 1.807) is 6.07 Å². The van der Waals surface area contributed by atoms with Crippen molar-refractivity contribution in [2.75, 3.05) is 25.1 Å². The van der Waals surface area contributed by atoms with Crippen LogP contribution in [0.1, 0.15) is 19.3 Å². The van der Waals surface area contributed by atoms with Crippen LogP contribution in [0.25, 0.3) is 0 Å². The van der Waals surface area contributed by atoms with Crippen LogP contribution in [0.5, 0.6) is 11.5 Å². The van der Waals surface area contributed by atoms with Crippen LogP contribution in [0, 0.1) is 0 Å². The quantitative estimate of drug-likeness (QED) is 0.596. The van der Waals surface area contributed by atoms with E-state index in [9.17, 15) is 8.42 Å². The van der Waals surface area contributed by atoms with E-state index >= 15 is 0 Å². The Balaban J connectivity index is 1.98. The molecule has 0 aromatic heterocycles. The van der Waals surface area contributed by atoms with Gasteiger partial charge in [0.25, 0.3) is 0 Å². The van der Waals surface area contributed by atoms with Crippen LogP contribution in [0.2, 0.25) is 0 Å². The Hall–Kier alpha value is -0.790. The summed E-state index contributed by atoms with van der Waals surface area (Å²) >= 11 is 3.35. The second-order valence-electron chi connectivity index (χ2n) is 4.45. The summed E-state index contributed by atoms with van der Waals surface area (Å²) in [7, 11) is -3.48. The Labute approximate surface area is 127 Å². The van der Waals surface area contributed by atoms with Gasteiger partial charge in [-0.15, -0.1) is 0 Å². The zero-order chi connectivity index (χ0) is 14.4. The number of alkyl halides is 1. The lowest BCUT2D eigenvalue weighted by Gasteiger charge is -2.18. The lowest BCUT2D eigenvalue weighted by molar-refractivity contribution is 0.171. The number of sulfonamides is 1. The van der Waals surface area contributed by atoms with Gasteiger partial charge in [-0.1, -0.05) is 22.4 Å². The van der Waals surface area contributed by atoms with Gasteiger partial charge in [0.2, 0.25) is 10.0 Å². The fraction of sp³-hybridized carbons (Fsp3) is 0.538. The molecule has 1 aliphatic heterocycles. The van der Waals surface area contributed by atoms with Crippen molar-refractivity contribution in [3.8, 4) is 11.5 Å². The number of rotatable bonds is 7. The van der Waals surface area contributed by atoms with Gasteiger partial charge < -0.3 is 9.47 Å². The van der Waals surface area contributed by atoms with Gasteiger partial charge in [0, 0.05) is 17.9 Å². The lowest BCUT2D eigenvalue weighted by Crippen LogP contribution is -2.25. The smallest absolute Gasteiger partial charge is 0.240 e. The van der Waals surface area contributed by atoms with E-state index in [4.69, 9.17) is 9.47 Å². The molecular weight excluding hydrogens is 346 g/mol. The van der Waals surface area contributed by atoms with Crippen molar-refractivity contribution < 1.29 is 17.9 Å². The monoisotopic (exact) mass is 363 g/mol. The third-order valence-electron chi connectivity index (χ3n) is 2.93. The normalized spacial score (nSPS) is 14.2. The highest BCUT2D eigenvalue weighted by atomic mass is 79.9. The number of nitrogens with one attached hydrogen (secondary N) is 1. The summed E-state index contributed by atoms with van der Waals surface area (Å²) in [6.07, 6.45) is 2.87. The predicted octanol–water partition coefficient (Wildman–Crippen LogP) is 2.30. The molecule has 1 aromatic rings. The minimum Gasteiger partial charge on any atom is -0.486 e. The SMILES string of the molecule is O=S(=O)(NCCCCCBr)c1ccc2c(c1)OCCO2. The highest BCUT2D eigenvalue weighted by Crippen LogP contribution is 2.32. The molecule has 2 rings (SSSR count). The number of fused-ring (bicyclic) bond motifs is 1. The first-order chi connectivity index (χ1) is 9.63. The molecule has 0 bridgehead atoms. The van der Waals surface area contributed by atoms with Crippen molar-refractivity contribution in [2.45, 2.75) is 24.2 Å². The lowest BCUT2D eigenvalue weighted by atomic mass is 10.3. The fourth-order valence-corrected chi connectivity index (χ4v) is 3.36. The summed E-state index contributed by atoms with van der Waals surface area (Å²) in [5.41, 5.74) is 0. The minimum absolute atomic E-state index is 0.210. The molecule has 1 aromatic carbocycles. The Morgan fingerprint density at radius 1 is 1.10 bits per heavy atom. The topological polar surface area (TPSA) is 64.6 Å². The molecule has 1 heterocycles. The van der Waals surface area contributed by atoms with E-state index in [2.05, 4.69) is 20.7 Å². The van der Waals surface area contributed by atoms with Crippen LogP contribution in [0.3, 0.4) is 0 Å². The van der Waals surface area contributed by atoms with Gasteiger partial charge in [-0.2, -0.15) is 0 Å². The molecule has 0 aliphatic carbocycles. The predicted molar refractivity (Wildman–Crippen MR) is 80.3 cm³/mol. The van der Waals surface area contributed by atoms with E-state index in [-0.39, 0.29) is 4.90 Å². The number of hydrogen-bond acceptors (Lipinski definition) is 4. The Morgan fingerprint density at radius 2 is 1.85 bits per heavy atom. The summed E-state index contributed by atoms with van der Waals surface area (Å²) in [5.74, 6) is 1.07. The first kappa shape index (κ1) is 15.6. The molecule has 0 unspecified atom stereocenters. The van der Waals surface area contributed by atoms with Gasteiger partial charge in [-0.25, -0.2) is 13.1 Å². The van der Waals surface area contributed by atoms with Crippen molar-refractivity contribution >= 4 is 26.0 Å². The van der Waals surface area contributed by atoms with E-state index in [0.29, 0.717) is 31.3 Å². The molecule has 0 amide bonds. The standard InChI is InChI=1S/C13H18BrNO4S/c14-6-2-1-3-7-15-20(16,17)11-4-5-12-13(10-11)19-9-8-18-12/h4-5,10,15H,1-3,6-9H2. The number of unbranched alkanes of at least 4 members (excludes halogenated alkanes) is 2. The van der Waals surface area contributed by atoms with E-state index in [1.165, 1.54) is 12.1 Å². The van der Waals surface area contributed by atoms with Crippen LogP contribution in [0.15, 0.2) is 23.1 Å². The highest BCUT2D eigenvalue weighted by Gasteiger charge is 2.18. The van der Waals surface area contributed by atoms with E-state index in [0.717, 1.165) is 24.6 Å². The molecule has 112 valence electrons. The molecule has 0 spiro atoms. The van der Waals surface area contributed by atoms with Crippen LogP contribution >= 0.6 is 15.9 Å². The maximum atomic E-state index is 12.1. The van der Waals surface area contributed by atoms with Crippen molar-refractivity contribution in [1.82, 2.24) is 4.72 Å². The average molecular weight is 364 g/mol. The summed E-state index contributed by atoms with van der Waals surface area (Å²) in [6, 6.07) is 4.68. The van der Waals surface area contributed by atoms with Crippen LogP contribution < -0.4 is 14.2 Å². The molecular formula is C13H18BrNO4S. The molecule has 0 fully saturated rings. The molecule has 20 heavy (non-hydrogen) atoms. The largest absolute Gasteiger partial charge is 0.486 e. The highest BCUT2D eigenvalue weighted by molar-refractivity contribution is 9.09. The van der Waals surface area contributed by atoms with Crippen molar-refractivity contribution in [2.24, 2.45) is 0 Å². The first-order valence-electron chi connectivity index (χ1n) is 6.59. The second kappa shape index (κ2) is 7.28. The van der Waals surface area contributed by atoms with Gasteiger partial charge in [0.15, 0.2) is 11.5 Å². The van der Waals surface area contributed by atoms with Gasteiger partial charge in [0.1, 0.15) is 13.2 Å². The van der Waals surface area contributed by atoms with Crippen molar-refractivity contribution in [1.29, 1.82) is 0 Å². The van der Waals surface area contributed by atoms with Crippen LogP contribution in [0.4, 0.5) is 0 Å². The molecule has 0 radical (unpaired) electrons. The van der Waals surface area contributed by atoms with Gasteiger partial charge >= 0.3 is 0 Å². The molecule has 0 atom stereocenters. The Morgan fingerprint density at radius 3 is 2.60 bits per heavy atom. The third kappa shape index (κ3) is 4.10. The Kier molecular flexibility index (Phi) is 5.68. The first-order valence-corrected chi connectivity index (χ1v) is 9.19. The number of hydrogen-bond donors (Lipinski definition) is 1. The zero-order valence-corrected chi connectivity index (χ0v) is 13.5. The third-order valence-corrected chi connectivity index (χ3v) is 4.95. The van der Waals surface area contributed by atoms with E-state index in [1.807, 2.05) is 0 Å². The number of halogens is 1. The van der Waals surface area contributed by atoms with Crippen molar-refractivity contribution in [3.05, 3.63) is 18.2 Å². The average Bonchev–Trinajstić information content (AvgIpc) is 2.46. The summed E-state index contributed by atoms with van der Waals surface area (Å²) < 4.78 is 37.6. The number of ether oxygens (including phenoxy) is 2. The molecule has 5 nitrogen and oxygen atoms in total. The zero-order valence-electron chi connectivity index (χ0n) is 11.1. The number of benzene rings is 1. The van der Waals surface area contributed by atoms with E-state index < -0.39 is 10.0 Å². The van der Waals surface area contributed by atoms with Crippen LogP contribution in [-0.4, -0.2) is 33.5 Å².